The van der Waals surface area contributed by atoms with Gasteiger partial charge in [0.2, 0.25) is 6.79 Å². The van der Waals surface area contributed by atoms with Crippen molar-refractivity contribution in [2.24, 2.45) is 0 Å². The molecule has 0 saturated heterocycles. The maximum absolute atomic E-state index is 12.7. The van der Waals surface area contributed by atoms with E-state index < -0.39 is 16.7 Å². The Morgan fingerprint density at radius 3 is 1.12 bits per heavy atom. The third-order valence-corrected chi connectivity index (χ3v) is 24.8. The van der Waals surface area contributed by atoms with Gasteiger partial charge < -0.3 is 9.47 Å². The van der Waals surface area contributed by atoms with Crippen LogP contribution in [0.2, 0.25) is 35.2 Å². The number of thioether (sulfide) groups is 9. The molecule has 638 valence electrons. The summed E-state index contributed by atoms with van der Waals surface area (Å²) in [6.45, 7) is 21.8. The average Bonchev–Trinajstić information content (AvgIpc) is 1.57. The Morgan fingerprint density at radius 1 is 0.345 bits per heavy atom. The Kier molecular flexibility index (Phi) is 55.4. The van der Waals surface area contributed by atoms with Crippen LogP contribution in [0.1, 0.15) is 135 Å². The summed E-state index contributed by atoms with van der Waals surface area (Å²) in [5, 5.41) is 85.7. The standard InChI is InChI=1S/C11H12F3NS.C10H12ClNS.C10H11NO2S.C10H13NS.2C9H9Cl2NS.2C9H10ClNS.C9H10N2O2S/c1-7-3-4-9(6-16-8(2)15)10(5-7)11(12,13)14;1-7-5-9(3-4-10(7)11)6-13-8(2)12;1-7(11)14-5-8-2-3-9-10(4-8)13-6-12-9;1-8-3-5-10(6-4-8)7-12-9(2)11;1-6(12)13-5-7-4-8(10)2-3-9(7)11;1-6(12)13-5-7-2-3-8(10)9(11)4-7;1-7(11)12-6-8-2-4-9(10)5-3-8;1-7(11)12-6-8-3-2-4-9(10)5-8;1-7(10)14-6-8-2-4-9(5-3-8)11(12)13/h3-5,15H,6H2,1-2H3;3-5,12H,6H2,1-2H3;2-4,11H,5-6H2,1H3;3-6,11H,7H2,1-2H3;2*2-4,12H,5H2,1H3;2*2-5,11H,6H2,1H3;2-5,10H,6H2,1H3. The zero-order chi connectivity index (χ0) is 89.3. The van der Waals surface area contributed by atoms with Crippen molar-refractivity contribution in [3.05, 3.63) is 306 Å². The van der Waals surface area contributed by atoms with Crippen molar-refractivity contribution < 1.29 is 27.6 Å². The summed E-state index contributed by atoms with van der Waals surface area (Å²) in [5.74, 6) is 8.23. The number of nitro benzene ring substituents is 1. The van der Waals surface area contributed by atoms with Crippen LogP contribution in [-0.2, 0) is 58.0 Å². The molecule has 1 aliphatic rings. The van der Waals surface area contributed by atoms with Gasteiger partial charge in [0.15, 0.2) is 11.5 Å². The highest BCUT2D eigenvalue weighted by atomic mass is 35.5. The van der Waals surface area contributed by atoms with E-state index >= 15 is 0 Å². The van der Waals surface area contributed by atoms with Gasteiger partial charge in [-0.3, -0.25) is 58.8 Å². The van der Waals surface area contributed by atoms with E-state index in [9.17, 15) is 23.3 Å². The van der Waals surface area contributed by atoms with E-state index in [1.807, 2.05) is 111 Å². The number of hydrogen-bond donors (Lipinski definition) is 9. The molecule has 0 unspecified atom stereocenters. The van der Waals surface area contributed by atoms with Gasteiger partial charge in [0.05, 0.1) is 65.9 Å². The van der Waals surface area contributed by atoms with E-state index in [4.69, 9.17) is 139 Å². The molecule has 9 aromatic rings. The minimum Gasteiger partial charge on any atom is -0.454 e. The van der Waals surface area contributed by atoms with Crippen molar-refractivity contribution in [3.8, 4) is 11.5 Å². The van der Waals surface area contributed by atoms with Gasteiger partial charge in [0.1, 0.15) is 0 Å². The monoisotopic (exact) mass is 1920 g/mol. The fourth-order valence-corrected chi connectivity index (χ4v) is 15.0. The van der Waals surface area contributed by atoms with Crippen LogP contribution in [-0.4, -0.2) is 57.1 Å². The largest absolute Gasteiger partial charge is 0.454 e. The lowest BCUT2D eigenvalue weighted by Crippen LogP contribution is -2.09. The lowest BCUT2D eigenvalue weighted by Gasteiger charge is -2.13. The summed E-state index contributed by atoms with van der Waals surface area (Å²) in [5.41, 5.74) is 11.8. The minimum atomic E-state index is -4.32. The average molecular weight is 1930 g/mol. The van der Waals surface area contributed by atoms with Crippen LogP contribution in [0.5, 0.6) is 11.5 Å². The first kappa shape index (κ1) is 109. The molecular weight excluding hydrogens is 1830 g/mol. The van der Waals surface area contributed by atoms with Gasteiger partial charge in [-0.1, -0.05) is 189 Å². The molecule has 0 atom stereocenters. The lowest BCUT2D eigenvalue weighted by atomic mass is 10.1. The Balaban J connectivity index is 0.000000454. The highest BCUT2D eigenvalue weighted by molar-refractivity contribution is 8.15. The first-order chi connectivity index (χ1) is 56.0. The number of fused-ring (bicyclic) bond motifs is 1. The first-order valence-corrected chi connectivity index (χ1v) is 47.1. The molecule has 9 aromatic carbocycles. The normalized spacial score (nSPS) is 10.5. The number of non-ortho nitro benzene ring substituents is 1. The summed E-state index contributed by atoms with van der Waals surface area (Å²) in [7, 11) is 0. The Morgan fingerprint density at radius 2 is 0.689 bits per heavy atom. The van der Waals surface area contributed by atoms with E-state index in [0.717, 1.165) is 107 Å². The van der Waals surface area contributed by atoms with Crippen molar-refractivity contribution in [1.82, 2.24) is 0 Å². The molecule has 0 radical (unpaired) electrons. The highest BCUT2D eigenvalue weighted by Gasteiger charge is 2.33. The van der Waals surface area contributed by atoms with Gasteiger partial charge in [-0.15, -0.1) is 106 Å². The predicted octanol–water partition coefficient (Wildman–Crippen LogP) is 32.4. The number of ether oxygens (including phenoxy) is 2. The SMILES string of the molecule is CC(=N)SCc1cc(Cl)ccc1Cl.CC(=N)SCc1ccc(C)cc1.CC(=N)SCc1ccc(C)cc1C(F)(F)F.CC(=N)SCc1ccc(Cl)c(C)c1.CC(=N)SCc1ccc(Cl)c(Cl)c1.CC(=N)SCc1ccc(Cl)cc1.CC(=N)SCc1ccc([N+](=O)[O-])cc1.CC(=N)SCc1ccc2c(c1)OCO2.CC(=N)SCc1cccc(Cl)c1. The van der Waals surface area contributed by atoms with Crippen LogP contribution >= 0.6 is 187 Å². The summed E-state index contributed by atoms with van der Waals surface area (Å²) >= 11 is 53.9. The Labute approximate surface area is 771 Å². The third kappa shape index (κ3) is 52.9. The molecule has 0 bridgehead atoms. The van der Waals surface area contributed by atoms with Gasteiger partial charge in [-0.05, 0) is 218 Å². The zero-order valence-corrected chi connectivity index (χ0v) is 80.1. The van der Waals surface area contributed by atoms with Crippen molar-refractivity contribution >= 4 is 238 Å². The number of halogens is 10. The van der Waals surface area contributed by atoms with Crippen LogP contribution in [0.4, 0.5) is 18.9 Å². The number of rotatable bonds is 19. The number of hydrogen-bond acceptors (Lipinski definition) is 22. The molecule has 1 heterocycles. The van der Waals surface area contributed by atoms with Crippen molar-refractivity contribution in [2.45, 2.75) is 141 Å². The molecule has 0 spiro atoms. The summed E-state index contributed by atoms with van der Waals surface area (Å²) < 4.78 is 48.5. The maximum Gasteiger partial charge on any atom is 0.416 e. The van der Waals surface area contributed by atoms with Crippen LogP contribution < -0.4 is 9.47 Å². The Bertz CT molecular complexity index is 4690. The van der Waals surface area contributed by atoms with Crippen molar-refractivity contribution in [1.29, 1.82) is 48.7 Å². The van der Waals surface area contributed by atoms with Gasteiger partial charge in [0, 0.05) is 89.0 Å². The topological polar surface area (TPSA) is 276 Å². The second-order valence-corrected chi connectivity index (χ2v) is 38.8. The number of nitrogens with one attached hydrogen (secondary N) is 9. The number of benzene rings is 9. The third-order valence-electron chi connectivity index (χ3n) is 14.4. The minimum absolute atomic E-state index is 0.102. The molecule has 1 aliphatic heterocycles. The van der Waals surface area contributed by atoms with E-state index in [1.165, 1.54) is 128 Å². The second-order valence-electron chi connectivity index (χ2n) is 25.2. The molecule has 0 aromatic heterocycles. The van der Waals surface area contributed by atoms with Crippen molar-refractivity contribution in [2.75, 3.05) is 6.79 Å². The molecule has 0 fully saturated rings. The molecule has 0 amide bonds. The molecule has 0 aliphatic carbocycles. The highest BCUT2D eigenvalue weighted by Crippen LogP contribution is 2.36. The molecule has 14 nitrogen and oxygen atoms in total. The maximum atomic E-state index is 12.7. The molecule has 119 heavy (non-hydrogen) atoms. The first-order valence-electron chi connectivity index (χ1n) is 35.6. The van der Waals surface area contributed by atoms with Crippen LogP contribution in [0.25, 0.3) is 0 Å². The Hall–Kier alpha value is -6.02. The van der Waals surface area contributed by atoms with Crippen LogP contribution in [0.15, 0.2) is 188 Å². The fraction of sp³-hybridized carbons (Fsp3) is 0.267. The zero-order valence-electron chi connectivity index (χ0n) is 67.5. The van der Waals surface area contributed by atoms with Gasteiger partial charge in [0.25, 0.3) is 5.69 Å². The molecule has 33 heteroatoms. The smallest absolute Gasteiger partial charge is 0.416 e. The van der Waals surface area contributed by atoms with Crippen molar-refractivity contribution in [3.63, 3.8) is 0 Å². The number of nitrogens with zero attached hydrogens (tertiary/aromatic N) is 1. The molecule has 10 rings (SSSR count). The molecular formula is C86H96Cl7F3N10O4S9. The van der Waals surface area contributed by atoms with E-state index in [0.29, 0.717) is 89.3 Å². The van der Waals surface area contributed by atoms with Crippen LogP contribution in [0, 0.1) is 79.6 Å². The van der Waals surface area contributed by atoms with E-state index in [2.05, 4.69) is 37.3 Å². The van der Waals surface area contributed by atoms with E-state index in [-0.39, 0.29) is 17.0 Å². The predicted molar refractivity (Wildman–Crippen MR) is 527 cm³/mol. The molecule has 9 N–H and O–H groups in total. The summed E-state index contributed by atoms with van der Waals surface area (Å²) in [4.78, 5) is 9.93. The molecule has 0 saturated carbocycles. The number of nitro groups is 1. The summed E-state index contributed by atoms with van der Waals surface area (Å²) in [6, 6.07) is 57.3. The second kappa shape index (κ2) is 60.5. The van der Waals surface area contributed by atoms with Gasteiger partial charge in [-0.25, -0.2) is 0 Å². The fourth-order valence-electron chi connectivity index (χ4n) is 8.51. The van der Waals surface area contributed by atoms with Gasteiger partial charge >= 0.3 is 6.18 Å². The quantitative estimate of drug-likeness (QED) is 0.0158. The lowest BCUT2D eigenvalue weighted by molar-refractivity contribution is -0.384. The van der Waals surface area contributed by atoms with E-state index in [1.54, 1.807) is 110 Å². The number of alkyl halides is 3. The van der Waals surface area contributed by atoms with Crippen LogP contribution in [0.3, 0.4) is 0 Å². The number of aryl methyl sites for hydroxylation is 3. The van der Waals surface area contributed by atoms with Gasteiger partial charge in [-0.2, -0.15) is 13.2 Å². The summed E-state index contributed by atoms with van der Waals surface area (Å²) in [6.07, 6.45) is -4.32.